The van der Waals surface area contributed by atoms with Crippen LogP contribution in [0.5, 0.6) is 0 Å². The summed E-state index contributed by atoms with van der Waals surface area (Å²) in [5, 5.41) is 20.4. The second-order valence-corrected chi connectivity index (χ2v) is 4.79. The van der Waals surface area contributed by atoms with Gasteiger partial charge in [0, 0.05) is 18.9 Å². The number of nitrogens with two attached hydrogens (primary N) is 1. The lowest BCUT2D eigenvalue weighted by atomic mass is 10.1. The van der Waals surface area contributed by atoms with E-state index in [1.807, 2.05) is 0 Å². The number of hydrogen-bond acceptors (Lipinski definition) is 5. The SMILES string of the molecule is N[C@@H](CCCCCNC(=O)c1cncc(CO)c1)C(=O)O. The molecular formula is C14H21N3O4. The smallest absolute Gasteiger partial charge is 0.320 e. The van der Waals surface area contributed by atoms with Gasteiger partial charge in [0.2, 0.25) is 0 Å². The lowest BCUT2D eigenvalue weighted by Gasteiger charge is -2.07. The molecule has 1 aromatic heterocycles. The number of pyridine rings is 1. The summed E-state index contributed by atoms with van der Waals surface area (Å²) >= 11 is 0. The van der Waals surface area contributed by atoms with Gasteiger partial charge in [-0.1, -0.05) is 12.8 Å². The number of carboxylic acids is 1. The molecule has 7 heteroatoms. The van der Waals surface area contributed by atoms with Gasteiger partial charge in [-0.25, -0.2) is 0 Å². The Kier molecular flexibility index (Phi) is 7.34. The maximum absolute atomic E-state index is 11.8. The average Bonchev–Trinajstić information content (AvgIpc) is 2.50. The minimum Gasteiger partial charge on any atom is -0.480 e. The largest absolute Gasteiger partial charge is 0.480 e. The third-order valence-corrected chi connectivity index (χ3v) is 3.03. The fourth-order valence-electron chi connectivity index (χ4n) is 1.79. The molecule has 0 aliphatic heterocycles. The molecule has 0 saturated carbocycles. The van der Waals surface area contributed by atoms with E-state index in [1.165, 1.54) is 12.4 Å². The highest BCUT2D eigenvalue weighted by Crippen LogP contribution is 2.04. The van der Waals surface area contributed by atoms with Crippen LogP contribution in [0.1, 0.15) is 41.6 Å². The standard InChI is InChI=1S/C14H21N3O4/c15-12(14(20)21)4-2-1-3-5-17-13(19)11-6-10(9-18)7-16-8-11/h6-8,12,18H,1-5,9,15H2,(H,17,19)(H,20,21)/t12-/m0/s1. The molecule has 0 unspecified atom stereocenters. The first kappa shape index (κ1) is 17.1. The topological polar surface area (TPSA) is 126 Å². The zero-order valence-corrected chi connectivity index (χ0v) is 11.8. The molecule has 0 radical (unpaired) electrons. The molecule has 1 rings (SSSR count). The van der Waals surface area contributed by atoms with Gasteiger partial charge < -0.3 is 21.3 Å². The van der Waals surface area contributed by atoms with Gasteiger partial charge in [0.15, 0.2) is 0 Å². The molecule has 0 spiro atoms. The first-order valence-corrected chi connectivity index (χ1v) is 6.86. The number of carbonyl (C=O) groups is 2. The zero-order valence-electron chi connectivity index (χ0n) is 11.8. The van der Waals surface area contributed by atoms with Crippen molar-refractivity contribution in [2.45, 2.75) is 38.3 Å². The molecule has 0 fully saturated rings. The van der Waals surface area contributed by atoms with E-state index in [-0.39, 0.29) is 12.5 Å². The number of amides is 1. The number of carboxylic acid groups (broad SMARTS) is 1. The van der Waals surface area contributed by atoms with Crippen molar-refractivity contribution in [3.63, 3.8) is 0 Å². The average molecular weight is 295 g/mol. The van der Waals surface area contributed by atoms with Gasteiger partial charge in [-0.15, -0.1) is 0 Å². The summed E-state index contributed by atoms with van der Waals surface area (Å²) in [5.41, 5.74) is 6.39. The van der Waals surface area contributed by atoms with Crippen molar-refractivity contribution in [1.82, 2.24) is 10.3 Å². The van der Waals surface area contributed by atoms with Crippen LogP contribution >= 0.6 is 0 Å². The molecule has 0 aliphatic carbocycles. The Morgan fingerprint density at radius 1 is 1.29 bits per heavy atom. The van der Waals surface area contributed by atoms with Gasteiger partial charge in [-0.05, 0) is 24.5 Å². The van der Waals surface area contributed by atoms with Crippen LogP contribution in [0.3, 0.4) is 0 Å². The first-order valence-electron chi connectivity index (χ1n) is 6.86. The van der Waals surface area contributed by atoms with Crippen LogP contribution in [-0.4, -0.2) is 39.7 Å². The number of aliphatic hydroxyl groups excluding tert-OH is 1. The molecule has 1 heterocycles. The molecule has 7 nitrogen and oxygen atoms in total. The number of nitrogens with zero attached hydrogens (tertiary/aromatic N) is 1. The fraction of sp³-hybridized carbons (Fsp3) is 0.500. The summed E-state index contributed by atoms with van der Waals surface area (Å²) < 4.78 is 0. The van der Waals surface area contributed by atoms with Gasteiger partial charge in [-0.3, -0.25) is 14.6 Å². The monoisotopic (exact) mass is 295 g/mol. The Morgan fingerprint density at radius 2 is 2.05 bits per heavy atom. The Morgan fingerprint density at radius 3 is 2.71 bits per heavy atom. The highest BCUT2D eigenvalue weighted by atomic mass is 16.4. The van der Waals surface area contributed by atoms with Crippen molar-refractivity contribution in [3.8, 4) is 0 Å². The van der Waals surface area contributed by atoms with Gasteiger partial charge in [0.1, 0.15) is 6.04 Å². The zero-order chi connectivity index (χ0) is 15.7. The van der Waals surface area contributed by atoms with Crippen molar-refractivity contribution in [3.05, 3.63) is 29.6 Å². The summed E-state index contributed by atoms with van der Waals surface area (Å²) in [7, 11) is 0. The number of carbonyl (C=O) groups excluding carboxylic acids is 1. The van der Waals surface area contributed by atoms with E-state index in [0.717, 1.165) is 12.8 Å². The van der Waals surface area contributed by atoms with E-state index in [2.05, 4.69) is 10.3 Å². The molecule has 116 valence electrons. The van der Waals surface area contributed by atoms with Crippen molar-refractivity contribution in [1.29, 1.82) is 0 Å². The van der Waals surface area contributed by atoms with Crippen LogP contribution in [-0.2, 0) is 11.4 Å². The summed E-state index contributed by atoms with van der Waals surface area (Å²) in [5.74, 6) is -1.22. The maximum Gasteiger partial charge on any atom is 0.320 e. The lowest BCUT2D eigenvalue weighted by molar-refractivity contribution is -0.138. The van der Waals surface area contributed by atoms with E-state index in [1.54, 1.807) is 6.07 Å². The fourth-order valence-corrected chi connectivity index (χ4v) is 1.79. The predicted molar refractivity (Wildman–Crippen MR) is 76.6 cm³/mol. The minimum atomic E-state index is -0.987. The molecule has 21 heavy (non-hydrogen) atoms. The molecule has 5 N–H and O–H groups in total. The highest BCUT2D eigenvalue weighted by molar-refractivity contribution is 5.93. The molecule has 0 bridgehead atoms. The Hall–Kier alpha value is -1.99. The van der Waals surface area contributed by atoms with Crippen LogP contribution in [0.15, 0.2) is 18.5 Å². The van der Waals surface area contributed by atoms with Crippen LogP contribution in [0.4, 0.5) is 0 Å². The summed E-state index contributed by atoms with van der Waals surface area (Å²) in [6.07, 6.45) is 5.65. The molecule has 1 atom stereocenters. The molecule has 0 aromatic carbocycles. The summed E-state index contributed by atoms with van der Waals surface area (Å²) in [4.78, 5) is 26.2. The Labute approximate surface area is 123 Å². The van der Waals surface area contributed by atoms with E-state index >= 15 is 0 Å². The molecule has 1 amide bonds. The highest BCUT2D eigenvalue weighted by Gasteiger charge is 2.10. The van der Waals surface area contributed by atoms with Gasteiger partial charge in [-0.2, -0.15) is 0 Å². The van der Waals surface area contributed by atoms with Crippen molar-refractivity contribution < 1.29 is 19.8 Å². The number of hydrogen-bond donors (Lipinski definition) is 4. The maximum atomic E-state index is 11.8. The van der Waals surface area contributed by atoms with E-state index < -0.39 is 12.0 Å². The number of rotatable bonds is 9. The van der Waals surface area contributed by atoms with E-state index in [9.17, 15) is 9.59 Å². The number of nitrogens with one attached hydrogen (secondary N) is 1. The molecule has 0 saturated heterocycles. The molecule has 0 aliphatic rings. The summed E-state index contributed by atoms with van der Waals surface area (Å²) in [6.45, 7) is 0.350. The van der Waals surface area contributed by atoms with Crippen molar-refractivity contribution in [2.75, 3.05) is 6.54 Å². The second-order valence-electron chi connectivity index (χ2n) is 4.79. The van der Waals surface area contributed by atoms with Crippen LogP contribution in [0.25, 0.3) is 0 Å². The second kappa shape index (κ2) is 9.04. The Balaban J connectivity index is 2.20. The number of aliphatic carboxylic acids is 1. The first-order chi connectivity index (χ1) is 10.0. The van der Waals surface area contributed by atoms with Crippen molar-refractivity contribution in [2.24, 2.45) is 5.73 Å². The number of aromatic nitrogens is 1. The van der Waals surface area contributed by atoms with E-state index in [0.29, 0.717) is 30.5 Å². The van der Waals surface area contributed by atoms with E-state index in [4.69, 9.17) is 15.9 Å². The van der Waals surface area contributed by atoms with Crippen molar-refractivity contribution >= 4 is 11.9 Å². The molecular weight excluding hydrogens is 274 g/mol. The minimum absolute atomic E-state index is 0.155. The number of unbranched alkanes of at least 4 members (excludes halogenated alkanes) is 2. The predicted octanol–water partition coefficient (Wildman–Crippen LogP) is 0.276. The van der Waals surface area contributed by atoms with Gasteiger partial charge >= 0.3 is 5.97 Å². The van der Waals surface area contributed by atoms with Gasteiger partial charge in [0.05, 0.1) is 12.2 Å². The lowest BCUT2D eigenvalue weighted by Crippen LogP contribution is -2.29. The summed E-state index contributed by atoms with van der Waals surface area (Å²) in [6, 6.07) is 0.778. The normalized spacial score (nSPS) is 11.9. The van der Waals surface area contributed by atoms with Gasteiger partial charge in [0.25, 0.3) is 5.91 Å². The third-order valence-electron chi connectivity index (χ3n) is 3.03. The Bertz CT molecular complexity index is 479. The van der Waals surface area contributed by atoms with Crippen LogP contribution in [0.2, 0.25) is 0 Å². The third kappa shape index (κ3) is 6.33. The quantitative estimate of drug-likeness (QED) is 0.485. The molecule has 1 aromatic rings. The van der Waals surface area contributed by atoms with Crippen LogP contribution in [0, 0.1) is 0 Å². The van der Waals surface area contributed by atoms with Crippen LogP contribution < -0.4 is 11.1 Å². The number of aliphatic hydroxyl groups is 1.